The van der Waals surface area contributed by atoms with E-state index in [2.05, 4.69) is 4.98 Å². The van der Waals surface area contributed by atoms with E-state index in [-0.39, 0.29) is 9.77 Å². The third-order valence-corrected chi connectivity index (χ3v) is 4.99. The number of hydrogen-bond acceptors (Lipinski definition) is 5. The van der Waals surface area contributed by atoms with E-state index in [9.17, 15) is 21.6 Å². The third kappa shape index (κ3) is 3.60. The Morgan fingerprint density at radius 1 is 1.24 bits per heavy atom. The number of thiazole rings is 1. The van der Waals surface area contributed by atoms with Crippen molar-refractivity contribution in [1.29, 1.82) is 0 Å². The number of aromatic nitrogens is 1. The van der Waals surface area contributed by atoms with E-state index in [0.29, 0.717) is 16.9 Å². The highest BCUT2D eigenvalue weighted by molar-refractivity contribution is 7.90. The van der Waals surface area contributed by atoms with Gasteiger partial charge in [0.2, 0.25) is 0 Å². The second-order valence-electron chi connectivity index (χ2n) is 4.38. The van der Waals surface area contributed by atoms with Crippen molar-refractivity contribution in [1.82, 2.24) is 4.98 Å². The molecular formula is C12H11F3N2O2S2. The molecule has 0 fully saturated rings. The van der Waals surface area contributed by atoms with Crippen molar-refractivity contribution < 1.29 is 21.6 Å². The summed E-state index contributed by atoms with van der Waals surface area (Å²) in [6.45, 7) is 0. The monoisotopic (exact) mass is 336 g/mol. The van der Waals surface area contributed by atoms with Crippen molar-refractivity contribution in [3.8, 4) is 0 Å². The first kappa shape index (κ1) is 15.9. The second-order valence-corrected chi connectivity index (χ2v) is 7.46. The predicted octanol–water partition coefficient (Wildman–Crippen LogP) is 2.61. The lowest BCUT2D eigenvalue weighted by molar-refractivity contribution is -0.137. The molecule has 4 nitrogen and oxygen atoms in total. The lowest BCUT2D eigenvalue weighted by Gasteiger charge is -2.10. The molecule has 0 amide bonds. The first-order valence-corrected chi connectivity index (χ1v) is 8.38. The van der Waals surface area contributed by atoms with E-state index in [1.165, 1.54) is 24.3 Å². The second kappa shape index (κ2) is 5.39. The Morgan fingerprint density at radius 3 is 2.24 bits per heavy atom. The van der Waals surface area contributed by atoms with E-state index >= 15 is 0 Å². The number of hydrogen-bond donors (Lipinski definition) is 1. The van der Waals surface area contributed by atoms with Crippen LogP contribution in [0, 0.1) is 0 Å². The van der Waals surface area contributed by atoms with Gasteiger partial charge in [0.25, 0.3) is 0 Å². The van der Waals surface area contributed by atoms with Gasteiger partial charge in [-0.3, -0.25) is 0 Å². The van der Waals surface area contributed by atoms with Gasteiger partial charge < -0.3 is 5.73 Å². The van der Waals surface area contributed by atoms with Crippen LogP contribution in [-0.2, 0) is 16.0 Å². The number of alkyl halides is 3. The van der Waals surface area contributed by atoms with Crippen LogP contribution in [0.1, 0.15) is 21.5 Å². The van der Waals surface area contributed by atoms with Crippen LogP contribution in [0.25, 0.3) is 0 Å². The van der Waals surface area contributed by atoms with E-state index in [1.54, 1.807) is 0 Å². The molecule has 2 rings (SSSR count). The molecule has 0 aliphatic rings. The molecule has 2 aromatic rings. The zero-order valence-corrected chi connectivity index (χ0v) is 12.4. The molecule has 1 atom stereocenters. The molecule has 2 N–H and O–H groups in total. The van der Waals surface area contributed by atoms with Gasteiger partial charge in [-0.05, 0) is 17.7 Å². The summed E-state index contributed by atoms with van der Waals surface area (Å²) in [4.78, 5) is 3.69. The van der Waals surface area contributed by atoms with Gasteiger partial charge in [0.05, 0.1) is 10.9 Å². The van der Waals surface area contributed by atoms with Crippen LogP contribution in [0.2, 0.25) is 0 Å². The Morgan fingerprint density at radius 2 is 1.81 bits per heavy atom. The summed E-state index contributed by atoms with van der Waals surface area (Å²) in [5.41, 5.74) is 6.40. The average Bonchev–Trinajstić information content (AvgIpc) is 2.86. The summed E-state index contributed by atoms with van der Waals surface area (Å²) in [5.74, 6) is 0. The van der Waals surface area contributed by atoms with Gasteiger partial charge in [-0.15, -0.1) is 11.3 Å². The number of benzene rings is 1. The van der Waals surface area contributed by atoms with Crippen LogP contribution < -0.4 is 5.73 Å². The van der Waals surface area contributed by atoms with Crippen LogP contribution in [0.15, 0.2) is 35.4 Å². The molecule has 114 valence electrons. The minimum atomic E-state index is -4.50. The maximum absolute atomic E-state index is 12.5. The van der Waals surface area contributed by atoms with Gasteiger partial charge in [0, 0.05) is 17.3 Å². The minimum absolute atomic E-state index is 0.124. The van der Waals surface area contributed by atoms with Crippen molar-refractivity contribution in [3.05, 3.63) is 45.9 Å². The largest absolute Gasteiger partial charge is 0.443 e. The van der Waals surface area contributed by atoms with Gasteiger partial charge in [0.15, 0.2) is 14.8 Å². The molecule has 0 saturated heterocycles. The first-order valence-electron chi connectivity index (χ1n) is 5.67. The Labute approximate surface area is 123 Å². The van der Waals surface area contributed by atoms with Crippen LogP contribution in [-0.4, -0.2) is 19.7 Å². The zero-order chi connectivity index (χ0) is 15.8. The Bertz CT molecular complexity index is 737. The molecule has 1 aromatic heterocycles. The maximum Gasteiger partial charge on any atom is 0.443 e. The fourth-order valence-corrected chi connectivity index (χ4v) is 3.09. The maximum atomic E-state index is 12.5. The van der Waals surface area contributed by atoms with Gasteiger partial charge in [-0.25, -0.2) is 13.4 Å². The van der Waals surface area contributed by atoms with Gasteiger partial charge in [-0.1, -0.05) is 12.1 Å². The summed E-state index contributed by atoms with van der Waals surface area (Å²) in [6.07, 6.45) is -2.34. The quantitative estimate of drug-likeness (QED) is 0.935. The smallest absolute Gasteiger partial charge is 0.320 e. The molecular weight excluding hydrogens is 325 g/mol. The molecule has 9 heteroatoms. The van der Waals surface area contributed by atoms with Crippen molar-refractivity contribution in [2.75, 3.05) is 6.26 Å². The fraction of sp³-hybridized carbons (Fsp3) is 0.250. The summed E-state index contributed by atoms with van der Waals surface area (Å²) < 4.78 is 60.1. The molecule has 21 heavy (non-hydrogen) atoms. The van der Waals surface area contributed by atoms with Gasteiger partial charge >= 0.3 is 6.18 Å². The standard InChI is InChI=1S/C12H11F3N2O2S2/c1-21(18,19)8-4-2-7(3-5-8)10(16)9-6-17-11(20-9)12(13,14)15/h2-6,10H,16H2,1H3. The van der Waals surface area contributed by atoms with Crippen LogP contribution >= 0.6 is 11.3 Å². The van der Waals surface area contributed by atoms with E-state index in [4.69, 9.17) is 5.73 Å². The molecule has 1 unspecified atom stereocenters. The Balaban J connectivity index is 2.28. The molecule has 0 radical (unpaired) electrons. The van der Waals surface area contributed by atoms with Crippen LogP contribution in [0.3, 0.4) is 0 Å². The lowest BCUT2D eigenvalue weighted by Crippen LogP contribution is -2.10. The van der Waals surface area contributed by atoms with Crippen LogP contribution in [0.5, 0.6) is 0 Å². The van der Waals surface area contributed by atoms with Crippen LogP contribution in [0.4, 0.5) is 13.2 Å². The minimum Gasteiger partial charge on any atom is -0.320 e. The number of sulfone groups is 1. The molecule has 0 aliphatic heterocycles. The van der Waals surface area contributed by atoms with E-state index < -0.39 is 27.1 Å². The summed E-state index contributed by atoms with van der Waals surface area (Å²) >= 11 is 0.473. The average molecular weight is 336 g/mol. The molecule has 1 aromatic carbocycles. The third-order valence-electron chi connectivity index (χ3n) is 2.74. The van der Waals surface area contributed by atoms with Gasteiger partial charge in [0.1, 0.15) is 0 Å². The van der Waals surface area contributed by atoms with E-state index in [1.807, 2.05) is 0 Å². The predicted molar refractivity (Wildman–Crippen MR) is 72.7 cm³/mol. The normalized spacial score (nSPS) is 14.1. The number of rotatable bonds is 3. The Kier molecular flexibility index (Phi) is 4.09. The lowest BCUT2D eigenvalue weighted by atomic mass is 10.1. The molecule has 0 aliphatic carbocycles. The molecule has 1 heterocycles. The highest BCUT2D eigenvalue weighted by Gasteiger charge is 2.35. The summed E-state index contributed by atoms with van der Waals surface area (Å²) in [6, 6.07) is 4.92. The summed E-state index contributed by atoms with van der Waals surface area (Å²) in [7, 11) is -3.32. The van der Waals surface area contributed by atoms with Crippen molar-refractivity contribution in [2.24, 2.45) is 5.73 Å². The zero-order valence-electron chi connectivity index (χ0n) is 10.8. The number of nitrogens with two attached hydrogens (primary N) is 1. The highest BCUT2D eigenvalue weighted by atomic mass is 32.2. The number of halogens is 3. The number of nitrogens with zero attached hydrogens (tertiary/aromatic N) is 1. The Hall–Kier alpha value is -1.45. The molecule has 0 bridgehead atoms. The SMILES string of the molecule is CS(=O)(=O)c1ccc(C(N)c2cnc(C(F)(F)F)s2)cc1. The van der Waals surface area contributed by atoms with Crippen molar-refractivity contribution in [2.45, 2.75) is 17.1 Å². The topological polar surface area (TPSA) is 73.0 Å². The van der Waals surface area contributed by atoms with Crippen molar-refractivity contribution >= 4 is 21.2 Å². The summed E-state index contributed by atoms with van der Waals surface area (Å²) in [5, 5.41) is -0.958. The van der Waals surface area contributed by atoms with Gasteiger partial charge in [-0.2, -0.15) is 13.2 Å². The molecule has 0 spiro atoms. The van der Waals surface area contributed by atoms with Crippen molar-refractivity contribution in [3.63, 3.8) is 0 Å². The molecule has 0 saturated carbocycles. The fourth-order valence-electron chi connectivity index (χ4n) is 1.65. The highest BCUT2D eigenvalue weighted by Crippen LogP contribution is 2.35. The van der Waals surface area contributed by atoms with E-state index in [0.717, 1.165) is 12.5 Å². The first-order chi connectivity index (χ1) is 9.59.